The first-order valence-electron chi connectivity index (χ1n) is 7.99. The van der Waals surface area contributed by atoms with Gasteiger partial charge in [-0.2, -0.15) is 5.10 Å². The van der Waals surface area contributed by atoms with E-state index in [1.165, 1.54) is 5.56 Å². The van der Waals surface area contributed by atoms with Gasteiger partial charge in [-0.15, -0.1) is 0 Å². The third-order valence-corrected chi connectivity index (χ3v) is 3.98. The molecule has 1 aliphatic carbocycles. The van der Waals surface area contributed by atoms with E-state index < -0.39 is 0 Å². The highest BCUT2D eigenvalue weighted by atomic mass is 15.3. The van der Waals surface area contributed by atoms with Gasteiger partial charge in [0.15, 0.2) is 5.96 Å². The second-order valence-electron chi connectivity index (χ2n) is 5.74. The number of nitrogens with one attached hydrogen (secondary N) is 2. The second kappa shape index (κ2) is 7.13. The fourth-order valence-electron chi connectivity index (χ4n) is 2.74. The SMILES string of the molecule is CN=C(NCc1ccccc1-n1ccc(C)n1)NC1CC=CC1. The third kappa shape index (κ3) is 3.80. The lowest BCUT2D eigenvalue weighted by molar-refractivity contribution is 0.632. The largest absolute Gasteiger partial charge is 0.353 e. The minimum atomic E-state index is 0.449. The van der Waals surface area contributed by atoms with Crippen molar-refractivity contribution in [3.63, 3.8) is 0 Å². The van der Waals surface area contributed by atoms with E-state index in [9.17, 15) is 0 Å². The Kier molecular flexibility index (Phi) is 4.76. The molecular weight excluding hydrogens is 286 g/mol. The van der Waals surface area contributed by atoms with Crippen LogP contribution in [0.5, 0.6) is 0 Å². The van der Waals surface area contributed by atoms with Crippen LogP contribution < -0.4 is 10.6 Å². The summed E-state index contributed by atoms with van der Waals surface area (Å²) in [6.45, 7) is 2.70. The first-order valence-corrected chi connectivity index (χ1v) is 7.99. The second-order valence-corrected chi connectivity index (χ2v) is 5.74. The summed E-state index contributed by atoms with van der Waals surface area (Å²) in [7, 11) is 1.81. The van der Waals surface area contributed by atoms with Crippen molar-refractivity contribution < 1.29 is 0 Å². The van der Waals surface area contributed by atoms with Gasteiger partial charge in [-0.3, -0.25) is 4.99 Å². The number of hydrogen-bond acceptors (Lipinski definition) is 2. The zero-order valence-corrected chi connectivity index (χ0v) is 13.7. The van der Waals surface area contributed by atoms with E-state index in [1.54, 1.807) is 7.05 Å². The van der Waals surface area contributed by atoms with E-state index in [-0.39, 0.29) is 0 Å². The van der Waals surface area contributed by atoms with Crippen molar-refractivity contribution in [2.75, 3.05) is 7.05 Å². The molecule has 23 heavy (non-hydrogen) atoms. The zero-order chi connectivity index (χ0) is 16.1. The number of guanidine groups is 1. The van der Waals surface area contributed by atoms with Gasteiger partial charge in [0.2, 0.25) is 0 Å². The number of aromatic nitrogens is 2. The molecular formula is C18H23N5. The monoisotopic (exact) mass is 309 g/mol. The van der Waals surface area contributed by atoms with Crippen LogP contribution in [-0.4, -0.2) is 28.8 Å². The average molecular weight is 309 g/mol. The lowest BCUT2D eigenvalue weighted by atomic mass is 10.2. The number of rotatable bonds is 4. The number of aliphatic imine (C=N–C) groups is 1. The van der Waals surface area contributed by atoms with Gasteiger partial charge in [-0.05, 0) is 37.5 Å². The summed E-state index contributed by atoms with van der Waals surface area (Å²) >= 11 is 0. The fraction of sp³-hybridized carbons (Fsp3) is 0.333. The molecule has 0 radical (unpaired) electrons. The Morgan fingerprint density at radius 3 is 2.74 bits per heavy atom. The Bertz CT molecular complexity index is 706. The summed E-state index contributed by atoms with van der Waals surface area (Å²) < 4.78 is 1.92. The molecule has 0 aliphatic heterocycles. The third-order valence-electron chi connectivity index (χ3n) is 3.98. The van der Waals surface area contributed by atoms with Crippen LogP contribution in [0, 0.1) is 6.92 Å². The first kappa shape index (κ1) is 15.3. The quantitative estimate of drug-likeness (QED) is 0.518. The van der Waals surface area contributed by atoms with Crippen molar-refractivity contribution in [3.05, 3.63) is 59.9 Å². The molecule has 0 saturated heterocycles. The Labute approximate surface area is 137 Å². The normalized spacial score (nSPS) is 15.1. The van der Waals surface area contributed by atoms with Crippen LogP contribution in [0.25, 0.3) is 5.69 Å². The summed E-state index contributed by atoms with van der Waals surface area (Å²) in [5, 5.41) is 11.4. The molecule has 0 unspecified atom stereocenters. The van der Waals surface area contributed by atoms with Gasteiger partial charge in [0.25, 0.3) is 0 Å². The minimum Gasteiger partial charge on any atom is -0.353 e. The van der Waals surface area contributed by atoms with Crippen molar-refractivity contribution in [1.82, 2.24) is 20.4 Å². The molecule has 5 nitrogen and oxygen atoms in total. The van der Waals surface area contributed by atoms with E-state index in [0.29, 0.717) is 12.6 Å². The smallest absolute Gasteiger partial charge is 0.191 e. The molecule has 1 heterocycles. The predicted molar refractivity (Wildman–Crippen MR) is 93.8 cm³/mol. The van der Waals surface area contributed by atoms with Crippen molar-refractivity contribution in [1.29, 1.82) is 0 Å². The van der Waals surface area contributed by atoms with Gasteiger partial charge in [-0.1, -0.05) is 30.4 Å². The number of aryl methyl sites for hydroxylation is 1. The summed E-state index contributed by atoms with van der Waals surface area (Å²) in [5.74, 6) is 0.838. The van der Waals surface area contributed by atoms with E-state index in [2.05, 4.69) is 45.0 Å². The molecule has 120 valence electrons. The number of hydrogen-bond donors (Lipinski definition) is 2. The summed E-state index contributed by atoms with van der Waals surface area (Å²) in [6, 6.07) is 10.7. The number of para-hydroxylation sites is 1. The Balaban J connectivity index is 1.68. The maximum absolute atomic E-state index is 4.51. The van der Waals surface area contributed by atoms with Crippen LogP contribution in [0.2, 0.25) is 0 Å². The van der Waals surface area contributed by atoms with Crippen molar-refractivity contribution >= 4 is 5.96 Å². The van der Waals surface area contributed by atoms with Crippen molar-refractivity contribution in [2.45, 2.75) is 32.4 Å². The fourth-order valence-corrected chi connectivity index (χ4v) is 2.74. The highest BCUT2D eigenvalue weighted by Gasteiger charge is 2.12. The zero-order valence-electron chi connectivity index (χ0n) is 13.7. The maximum Gasteiger partial charge on any atom is 0.191 e. The van der Waals surface area contributed by atoms with Gasteiger partial charge in [-0.25, -0.2) is 4.68 Å². The Morgan fingerprint density at radius 2 is 2.04 bits per heavy atom. The van der Waals surface area contributed by atoms with Crippen LogP contribution in [0.4, 0.5) is 0 Å². The topological polar surface area (TPSA) is 54.2 Å². The Morgan fingerprint density at radius 1 is 1.26 bits per heavy atom. The van der Waals surface area contributed by atoms with Crippen LogP contribution >= 0.6 is 0 Å². The number of nitrogens with zero attached hydrogens (tertiary/aromatic N) is 3. The van der Waals surface area contributed by atoms with Crippen molar-refractivity contribution in [2.24, 2.45) is 4.99 Å². The van der Waals surface area contributed by atoms with Crippen LogP contribution in [-0.2, 0) is 6.54 Å². The standard InChI is InChI=1S/C18H23N5/c1-14-11-12-23(22-14)17-10-6-3-7-15(17)13-20-18(19-2)21-16-8-4-5-9-16/h3-7,10-12,16H,8-9,13H2,1-2H3,(H2,19,20,21). The molecule has 1 aromatic carbocycles. The lowest BCUT2D eigenvalue weighted by Gasteiger charge is -2.18. The van der Waals surface area contributed by atoms with Crippen LogP contribution in [0.15, 0.2) is 53.7 Å². The molecule has 3 rings (SSSR count). The van der Waals surface area contributed by atoms with Gasteiger partial charge < -0.3 is 10.6 Å². The number of benzene rings is 1. The van der Waals surface area contributed by atoms with E-state index in [1.807, 2.05) is 36.0 Å². The van der Waals surface area contributed by atoms with Crippen molar-refractivity contribution in [3.8, 4) is 5.69 Å². The van der Waals surface area contributed by atoms with E-state index in [0.717, 1.165) is 30.2 Å². The van der Waals surface area contributed by atoms with Gasteiger partial charge >= 0.3 is 0 Å². The van der Waals surface area contributed by atoms with Crippen LogP contribution in [0.3, 0.4) is 0 Å². The molecule has 1 aromatic heterocycles. The van der Waals surface area contributed by atoms with E-state index in [4.69, 9.17) is 0 Å². The molecule has 2 N–H and O–H groups in total. The first-order chi connectivity index (χ1) is 11.3. The van der Waals surface area contributed by atoms with Gasteiger partial charge in [0, 0.05) is 25.8 Å². The summed E-state index contributed by atoms with van der Waals surface area (Å²) in [6.07, 6.45) is 8.53. The van der Waals surface area contributed by atoms with E-state index >= 15 is 0 Å². The highest BCUT2D eigenvalue weighted by molar-refractivity contribution is 5.80. The molecule has 2 aromatic rings. The molecule has 0 bridgehead atoms. The van der Waals surface area contributed by atoms with Gasteiger partial charge in [0.05, 0.1) is 11.4 Å². The molecule has 0 saturated carbocycles. The van der Waals surface area contributed by atoms with Gasteiger partial charge in [0.1, 0.15) is 0 Å². The molecule has 0 atom stereocenters. The molecule has 0 spiro atoms. The molecule has 0 fully saturated rings. The average Bonchev–Trinajstić information content (AvgIpc) is 3.23. The Hall–Kier alpha value is -2.56. The molecule has 5 heteroatoms. The lowest BCUT2D eigenvalue weighted by Crippen LogP contribution is -2.42. The maximum atomic E-state index is 4.51. The predicted octanol–water partition coefficient (Wildman–Crippen LogP) is 2.56. The summed E-state index contributed by atoms with van der Waals surface area (Å²) in [4.78, 5) is 4.32. The minimum absolute atomic E-state index is 0.449. The van der Waals surface area contributed by atoms with Crippen LogP contribution in [0.1, 0.15) is 24.1 Å². The highest BCUT2D eigenvalue weighted by Crippen LogP contribution is 2.14. The molecule has 1 aliphatic rings. The molecule has 0 amide bonds. The summed E-state index contributed by atoms with van der Waals surface area (Å²) in [5.41, 5.74) is 3.29.